The number of unbranched alkanes of at least 4 members (excludes halogenated alkanes) is 1. The number of hydrogen-bond donors (Lipinski definition) is 8. The van der Waals surface area contributed by atoms with Crippen LogP contribution < -0.4 is 34.4 Å². The van der Waals surface area contributed by atoms with E-state index < -0.39 is 36.0 Å². The van der Waals surface area contributed by atoms with Gasteiger partial charge >= 0.3 is 18.0 Å². The number of urea groups is 1. The average molecular weight is 352 g/mol. The topological polar surface area (TPSA) is 265 Å². The van der Waals surface area contributed by atoms with Crippen LogP contribution in [-0.4, -0.2) is 52.7 Å². The van der Waals surface area contributed by atoms with Crippen LogP contribution in [0.5, 0.6) is 0 Å². The molecule has 0 saturated heterocycles. The Hall–Kier alpha value is -2.44. The van der Waals surface area contributed by atoms with Crippen LogP contribution in [0, 0.1) is 0 Å². The number of carboxylic acid groups (broad SMARTS) is 2. The van der Waals surface area contributed by atoms with Crippen molar-refractivity contribution in [3.63, 3.8) is 0 Å². The molecule has 12 nitrogen and oxygen atoms in total. The molecule has 0 aromatic heterocycles. The largest absolute Gasteiger partial charge is 0.480 e. The zero-order valence-electron chi connectivity index (χ0n) is 13.4. The molecular weight excluding hydrogens is 324 g/mol. The molecule has 3 amide bonds. The lowest BCUT2D eigenvalue weighted by Crippen LogP contribution is -2.31. The number of rotatable bonds is 9. The summed E-state index contributed by atoms with van der Waals surface area (Å²) < 4.78 is 0. The molecule has 142 valence electrons. The molecule has 2 unspecified atom stereocenters. The van der Waals surface area contributed by atoms with Gasteiger partial charge in [-0.1, -0.05) is 6.42 Å². The molecule has 0 aliphatic heterocycles. The maximum Gasteiger partial charge on any atom is 0.320 e. The smallest absolute Gasteiger partial charge is 0.320 e. The fourth-order valence-electron chi connectivity index (χ4n) is 1.05. The lowest BCUT2D eigenvalue weighted by molar-refractivity contribution is -0.139. The molecule has 0 bridgehead atoms. The Morgan fingerprint density at radius 2 is 1.17 bits per heavy atom. The molecule has 0 aliphatic rings. The molecule has 0 aromatic rings. The van der Waals surface area contributed by atoms with Crippen molar-refractivity contribution in [1.82, 2.24) is 0 Å². The molecule has 0 aliphatic carbocycles. The van der Waals surface area contributed by atoms with E-state index in [0.717, 1.165) is 12.8 Å². The molecule has 0 radical (unpaired) electrons. The number of nitrogens with two attached hydrogens (primary N) is 6. The van der Waals surface area contributed by atoms with Gasteiger partial charge in [0.25, 0.3) is 0 Å². The van der Waals surface area contributed by atoms with Crippen molar-refractivity contribution in [2.75, 3.05) is 6.54 Å². The van der Waals surface area contributed by atoms with Gasteiger partial charge in [-0.3, -0.25) is 14.4 Å². The number of amides is 3. The van der Waals surface area contributed by atoms with Gasteiger partial charge in [-0.05, 0) is 25.8 Å². The predicted octanol–water partition coefficient (Wildman–Crippen LogP) is -2.79. The zero-order valence-corrected chi connectivity index (χ0v) is 13.4. The fourth-order valence-corrected chi connectivity index (χ4v) is 1.05. The summed E-state index contributed by atoms with van der Waals surface area (Å²) in [5.41, 5.74) is 28.7. The molecule has 12 heteroatoms. The van der Waals surface area contributed by atoms with Crippen LogP contribution in [0.15, 0.2) is 0 Å². The first-order chi connectivity index (χ1) is 10.9. The van der Waals surface area contributed by atoms with E-state index in [9.17, 15) is 14.4 Å². The maximum absolute atomic E-state index is 10.1. The van der Waals surface area contributed by atoms with E-state index in [4.69, 9.17) is 37.9 Å². The first kappa shape index (κ1) is 26.5. The van der Waals surface area contributed by atoms with E-state index in [2.05, 4.69) is 11.5 Å². The molecule has 0 heterocycles. The number of primary amides is 3. The van der Waals surface area contributed by atoms with E-state index in [1.165, 1.54) is 0 Å². The van der Waals surface area contributed by atoms with E-state index in [1.807, 2.05) is 0 Å². The summed E-state index contributed by atoms with van der Waals surface area (Å²) in [7, 11) is 0. The summed E-state index contributed by atoms with van der Waals surface area (Å²) in [4.78, 5) is 39.3. The third kappa shape index (κ3) is 27.8. The van der Waals surface area contributed by atoms with Crippen molar-refractivity contribution < 1.29 is 29.4 Å². The van der Waals surface area contributed by atoms with E-state index in [-0.39, 0.29) is 12.8 Å². The number of carboxylic acids is 2. The fraction of sp³-hybridized carbons (Fsp3) is 0.667. The lowest BCUT2D eigenvalue weighted by atomic mass is 10.1. The summed E-state index contributed by atoms with van der Waals surface area (Å²) in [6.45, 7) is 0.604. The molecule has 24 heavy (non-hydrogen) atoms. The quantitative estimate of drug-likeness (QED) is 0.199. The van der Waals surface area contributed by atoms with Crippen molar-refractivity contribution in [1.29, 1.82) is 0 Å². The standard InChI is InChI=1S/C6H14N2O2.C5H10N2O3.CH4N2O/c7-4-2-1-3-5(8)6(9)10;6-3(5(9)10)1-2-4(7)8;2-1(3)4/h5H,1-4,7-8H2,(H,9,10);3H,1-2,6H2,(H2,7,8)(H,9,10);(H4,2,3,4). The maximum atomic E-state index is 10.1. The van der Waals surface area contributed by atoms with Crippen LogP contribution in [0.4, 0.5) is 4.79 Å². The Labute approximate surface area is 139 Å². The van der Waals surface area contributed by atoms with Crippen molar-refractivity contribution in [3.8, 4) is 0 Å². The summed E-state index contributed by atoms with van der Waals surface area (Å²) in [6.07, 6.45) is 2.29. The Morgan fingerprint density at radius 3 is 1.46 bits per heavy atom. The van der Waals surface area contributed by atoms with E-state index in [0.29, 0.717) is 13.0 Å². The minimum absolute atomic E-state index is 0.0213. The molecule has 0 fully saturated rings. The van der Waals surface area contributed by atoms with Gasteiger partial charge in [0.2, 0.25) is 5.91 Å². The van der Waals surface area contributed by atoms with Crippen LogP contribution in [0.25, 0.3) is 0 Å². The molecule has 0 aromatic carbocycles. The Balaban J connectivity index is -0.000000301. The third-order valence-electron chi connectivity index (χ3n) is 2.31. The second-order valence-corrected chi connectivity index (χ2v) is 4.58. The van der Waals surface area contributed by atoms with Gasteiger partial charge in [-0.2, -0.15) is 0 Å². The molecule has 0 spiro atoms. The molecule has 14 N–H and O–H groups in total. The molecular formula is C12H28N6O6. The summed E-state index contributed by atoms with van der Waals surface area (Å²) in [6, 6.07) is -2.53. The minimum atomic E-state index is -1.11. The van der Waals surface area contributed by atoms with Gasteiger partial charge < -0.3 is 44.6 Å². The number of carbonyl (C=O) groups is 4. The van der Waals surface area contributed by atoms with Gasteiger partial charge in [0.15, 0.2) is 0 Å². The normalized spacial score (nSPS) is 11.6. The van der Waals surface area contributed by atoms with E-state index >= 15 is 0 Å². The highest BCUT2D eigenvalue weighted by molar-refractivity contribution is 5.77. The molecule has 0 rings (SSSR count). The predicted molar refractivity (Wildman–Crippen MR) is 86.3 cm³/mol. The summed E-state index contributed by atoms with van der Waals surface area (Å²) in [5.74, 6) is -2.57. The van der Waals surface area contributed by atoms with Gasteiger partial charge in [-0.25, -0.2) is 4.79 Å². The first-order valence-corrected chi connectivity index (χ1v) is 6.95. The minimum Gasteiger partial charge on any atom is -0.480 e. The molecule has 2 atom stereocenters. The highest BCUT2D eigenvalue weighted by Crippen LogP contribution is 1.97. The summed E-state index contributed by atoms with van der Waals surface area (Å²) >= 11 is 0. The number of hydrogen-bond acceptors (Lipinski definition) is 7. The lowest BCUT2D eigenvalue weighted by Gasteiger charge is -2.03. The van der Waals surface area contributed by atoms with Crippen LogP contribution in [0.2, 0.25) is 0 Å². The van der Waals surface area contributed by atoms with Gasteiger partial charge in [0.1, 0.15) is 12.1 Å². The number of aliphatic carboxylic acids is 2. The summed E-state index contributed by atoms with van der Waals surface area (Å²) in [5, 5.41) is 16.5. The zero-order chi connectivity index (χ0) is 19.7. The van der Waals surface area contributed by atoms with Gasteiger partial charge in [0.05, 0.1) is 0 Å². The number of carbonyl (C=O) groups excluding carboxylic acids is 2. The Bertz CT molecular complexity index is 388. The van der Waals surface area contributed by atoms with Crippen LogP contribution in [0.1, 0.15) is 32.1 Å². The van der Waals surface area contributed by atoms with Crippen LogP contribution in [-0.2, 0) is 14.4 Å². The van der Waals surface area contributed by atoms with E-state index in [1.54, 1.807) is 0 Å². The van der Waals surface area contributed by atoms with Crippen molar-refractivity contribution in [2.45, 2.75) is 44.2 Å². The Kier molecular flexibility index (Phi) is 18.7. The third-order valence-corrected chi connectivity index (χ3v) is 2.31. The first-order valence-electron chi connectivity index (χ1n) is 6.95. The molecule has 0 saturated carbocycles. The van der Waals surface area contributed by atoms with Gasteiger partial charge in [-0.15, -0.1) is 0 Å². The highest BCUT2D eigenvalue weighted by atomic mass is 16.4. The van der Waals surface area contributed by atoms with Crippen LogP contribution >= 0.6 is 0 Å². The monoisotopic (exact) mass is 352 g/mol. The van der Waals surface area contributed by atoms with Crippen molar-refractivity contribution in [2.24, 2.45) is 34.4 Å². The average Bonchev–Trinajstić information content (AvgIpc) is 2.44. The highest BCUT2D eigenvalue weighted by Gasteiger charge is 2.11. The second-order valence-electron chi connectivity index (χ2n) is 4.58. The van der Waals surface area contributed by atoms with Crippen molar-refractivity contribution >= 4 is 23.9 Å². The second kappa shape index (κ2) is 16.9. The van der Waals surface area contributed by atoms with Gasteiger partial charge in [0, 0.05) is 6.42 Å². The SMILES string of the molecule is NC(=O)CCC(N)C(=O)O.NC(N)=O.NCCCCC(N)C(=O)O. The van der Waals surface area contributed by atoms with Crippen molar-refractivity contribution in [3.05, 3.63) is 0 Å². The van der Waals surface area contributed by atoms with Crippen LogP contribution in [0.3, 0.4) is 0 Å². The Morgan fingerprint density at radius 1 is 0.792 bits per heavy atom.